The Kier molecular flexibility index (Phi) is 5.07. The number of carboxylic acids is 1. The summed E-state index contributed by atoms with van der Waals surface area (Å²) >= 11 is 0. The average molecular weight is 329 g/mol. The molecule has 1 amide bonds. The van der Waals surface area contributed by atoms with Crippen molar-refractivity contribution in [1.29, 1.82) is 0 Å². The van der Waals surface area contributed by atoms with Crippen LogP contribution in [-0.2, 0) is 16.8 Å². The smallest absolute Gasteiger partial charge is 0.338 e. The molecular weight excluding hydrogens is 306 g/mol. The SMILES string of the molecule is CC(NC(=O)Cn1cc(C(=O)O)cn1)c1ccc(C(C)(C)C)cc1. The lowest BCUT2D eigenvalue weighted by molar-refractivity contribution is -0.122. The van der Waals surface area contributed by atoms with E-state index in [1.54, 1.807) is 0 Å². The molecule has 0 fully saturated rings. The number of nitrogens with zero attached hydrogens (tertiary/aromatic N) is 2. The fourth-order valence-electron chi connectivity index (χ4n) is 2.35. The number of carbonyl (C=O) groups is 2. The fraction of sp³-hybridized carbons (Fsp3) is 0.389. The van der Waals surface area contributed by atoms with Crippen molar-refractivity contribution in [2.45, 2.75) is 45.7 Å². The van der Waals surface area contributed by atoms with Crippen molar-refractivity contribution >= 4 is 11.9 Å². The number of carboxylic acid groups (broad SMARTS) is 1. The third-order valence-electron chi connectivity index (χ3n) is 3.84. The molecule has 0 radical (unpaired) electrons. The van der Waals surface area contributed by atoms with Gasteiger partial charge in [0.1, 0.15) is 6.54 Å². The normalized spacial score (nSPS) is 12.7. The minimum absolute atomic E-state index is 0.0162. The minimum Gasteiger partial charge on any atom is -0.478 e. The number of benzene rings is 1. The van der Waals surface area contributed by atoms with Gasteiger partial charge in [-0.05, 0) is 23.5 Å². The van der Waals surface area contributed by atoms with E-state index in [2.05, 4.69) is 43.3 Å². The molecule has 2 aromatic rings. The molecular formula is C18H23N3O3. The van der Waals surface area contributed by atoms with Crippen LogP contribution in [0.3, 0.4) is 0 Å². The van der Waals surface area contributed by atoms with E-state index in [4.69, 9.17) is 5.11 Å². The first-order chi connectivity index (χ1) is 11.2. The molecule has 0 aliphatic rings. The van der Waals surface area contributed by atoms with Crippen molar-refractivity contribution < 1.29 is 14.7 Å². The van der Waals surface area contributed by atoms with Crippen LogP contribution in [0.25, 0.3) is 0 Å². The summed E-state index contributed by atoms with van der Waals surface area (Å²) in [6.45, 7) is 8.36. The molecule has 0 bridgehead atoms. The molecule has 0 saturated heterocycles. The molecule has 24 heavy (non-hydrogen) atoms. The van der Waals surface area contributed by atoms with Gasteiger partial charge >= 0.3 is 5.97 Å². The number of amides is 1. The van der Waals surface area contributed by atoms with E-state index >= 15 is 0 Å². The number of hydrogen-bond acceptors (Lipinski definition) is 3. The number of carbonyl (C=O) groups excluding carboxylic acids is 1. The summed E-state index contributed by atoms with van der Waals surface area (Å²) < 4.78 is 1.31. The van der Waals surface area contributed by atoms with Crippen LogP contribution < -0.4 is 5.32 Å². The summed E-state index contributed by atoms with van der Waals surface area (Å²) in [5.41, 5.74) is 2.41. The third-order valence-corrected chi connectivity index (χ3v) is 3.84. The van der Waals surface area contributed by atoms with Crippen molar-refractivity contribution in [3.63, 3.8) is 0 Å². The largest absolute Gasteiger partial charge is 0.478 e. The Balaban J connectivity index is 1.96. The molecule has 1 aromatic carbocycles. The quantitative estimate of drug-likeness (QED) is 0.883. The summed E-state index contributed by atoms with van der Waals surface area (Å²) in [7, 11) is 0. The maximum atomic E-state index is 12.1. The molecule has 128 valence electrons. The molecule has 2 N–H and O–H groups in total. The van der Waals surface area contributed by atoms with Gasteiger partial charge in [-0.2, -0.15) is 5.10 Å². The molecule has 1 heterocycles. The first kappa shape index (κ1) is 17.7. The van der Waals surface area contributed by atoms with Crippen molar-refractivity contribution in [2.24, 2.45) is 0 Å². The highest BCUT2D eigenvalue weighted by molar-refractivity contribution is 5.87. The van der Waals surface area contributed by atoms with Crippen LogP contribution >= 0.6 is 0 Å². The minimum atomic E-state index is -1.06. The second-order valence-corrected chi connectivity index (χ2v) is 6.89. The molecule has 0 aliphatic heterocycles. The van der Waals surface area contributed by atoms with Crippen molar-refractivity contribution in [3.05, 3.63) is 53.3 Å². The molecule has 0 saturated carbocycles. The van der Waals surface area contributed by atoms with Crippen molar-refractivity contribution in [2.75, 3.05) is 0 Å². The maximum Gasteiger partial charge on any atom is 0.338 e. The molecule has 1 aromatic heterocycles. The molecule has 6 heteroatoms. The number of aromatic carboxylic acids is 1. The van der Waals surface area contributed by atoms with E-state index in [0.29, 0.717) is 0 Å². The van der Waals surface area contributed by atoms with Crippen LogP contribution in [0.4, 0.5) is 0 Å². The molecule has 0 aliphatic carbocycles. The van der Waals surface area contributed by atoms with Gasteiger partial charge in [-0.1, -0.05) is 45.0 Å². The number of rotatable bonds is 5. The van der Waals surface area contributed by atoms with Gasteiger partial charge in [-0.25, -0.2) is 4.79 Å². The molecule has 6 nitrogen and oxygen atoms in total. The van der Waals surface area contributed by atoms with Crippen LogP contribution in [0.5, 0.6) is 0 Å². The highest BCUT2D eigenvalue weighted by Crippen LogP contribution is 2.23. The van der Waals surface area contributed by atoms with Crippen LogP contribution in [0.1, 0.15) is 55.2 Å². The Hall–Kier alpha value is -2.63. The summed E-state index contributed by atoms with van der Waals surface area (Å²) in [4.78, 5) is 22.9. The average Bonchev–Trinajstić information content (AvgIpc) is 2.95. The van der Waals surface area contributed by atoms with Gasteiger partial charge < -0.3 is 10.4 Å². The Morgan fingerprint density at radius 1 is 1.25 bits per heavy atom. The second-order valence-electron chi connectivity index (χ2n) is 6.89. The Morgan fingerprint density at radius 3 is 2.38 bits per heavy atom. The zero-order chi connectivity index (χ0) is 17.9. The Bertz CT molecular complexity index is 727. The fourth-order valence-corrected chi connectivity index (χ4v) is 2.35. The van der Waals surface area contributed by atoms with Gasteiger partial charge in [0, 0.05) is 6.20 Å². The summed E-state index contributed by atoms with van der Waals surface area (Å²) in [6.07, 6.45) is 2.56. The standard InChI is InChI=1S/C18H23N3O3/c1-12(13-5-7-15(8-6-13)18(2,3)4)20-16(22)11-21-10-14(9-19-21)17(23)24/h5-10,12H,11H2,1-4H3,(H,20,22)(H,23,24). The van der Waals surface area contributed by atoms with E-state index in [-0.39, 0.29) is 29.5 Å². The zero-order valence-corrected chi connectivity index (χ0v) is 14.4. The first-order valence-corrected chi connectivity index (χ1v) is 7.82. The van der Waals surface area contributed by atoms with Crippen LogP contribution in [0, 0.1) is 0 Å². The second kappa shape index (κ2) is 6.86. The first-order valence-electron chi connectivity index (χ1n) is 7.82. The lowest BCUT2D eigenvalue weighted by atomic mass is 9.86. The van der Waals surface area contributed by atoms with Gasteiger partial charge in [0.25, 0.3) is 0 Å². The van der Waals surface area contributed by atoms with Crippen molar-refractivity contribution in [1.82, 2.24) is 15.1 Å². The van der Waals surface area contributed by atoms with E-state index in [1.165, 1.54) is 22.6 Å². The Labute approximate surface area is 141 Å². The highest BCUT2D eigenvalue weighted by Gasteiger charge is 2.15. The van der Waals surface area contributed by atoms with Crippen LogP contribution in [0.15, 0.2) is 36.7 Å². The van der Waals surface area contributed by atoms with Crippen LogP contribution in [0.2, 0.25) is 0 Å². The van der Waals surface area contributed by atoms with E-state index in [1.807, 2.05) is 19.1 Å². The van der Waals surface area contributed by atoms with Gasteiger partial charge in [-0.3, -0.25) is 9.48 Å². The predicted octanol–water partition coefficient (Wildman–Crippen LogP) is 2.76. The predicted molar refractivity (Wildman–Crippen MR) is 90.9 cm³/mol. The summed E-state index contributed by atoms with van der Waals surface area (Å²) in [5.74, 6) is -1.28. The molecule has 0 spiro atoms. The lowest BCUT2D eigenvalue weighted by Gasteiger charge is -2.20. The molecule has 1 unspecified atom stereocenters. The van der Waals surface area contributed by atoms with Crippen LogP contribution in [-0.4, -0.2) is 26.8 Å². The summed E-state index contributed by atoms with van der Waals surface area (Å²) in [6, 6.07) is 8.04. The van der Waals surface area contributed by atoms with Gasteiger partial charge in [0.05, 0.1) is 17.8 Å². The van der Waals surface area contributed by atoms with Gasteiger partial charge in [-0.15, -0.1) is 0 Å². The number of hydrogen-bond donors (Lipinski definition) is 2. The number of nitrogens with one attached hydrogen (secondary N) is 1. The molecule has 1 atom stereocenters. The topological polar surface area (TPSA) is 84.2 Å². The van der Waals surface area contributed by atoms with E-state index in [0.717, 1.165) is 5.56 Å². The van der Waals surface area contributed by atoms with Crippen molar-refractivity contribution in [3.8, 4) is 0 Å². The molecule has 2 rings (SSSR count). The lowest BCUT2D eigenvalue weighted by Crippen LogP contribution is -2.30. The highest BCUT2D eigenvalue weighted by atomic mass is 16.4. The number of aromatic nitrogens is 2. The van der Waals surface area contributed by atoms with Gasteiger partial charge in [0.15, 0.2) is 0 Å². The monoisotopic (exact) mass is 329 g/mol. The van der Waals surface area contributed by atoms with E-state index in [9.17, 15) is 9.59 Å². The van der Waals surface area contributed by atoms with Gasteiger partial charge in [0.2, 0.25) is 5.91 Å². The maximum absolute atomic E-state index is 12.1. The zero-order valence-electron chi connectivity index (χ0n) is 14.4. The Morgan fingerprint density at radius 2 is 1.88 bits per heavy atom. The summed E-state index contributed by atoms with van der Waals surface area (Å²) in [5, 5.41) is 15.6. The third kappa shape index (κ3) is 4.44. The van der Waals surface area contributed by atoms with E-state index < -0.39 is 5.97 Å².